The van der Waals surface area contributed by atoms with Crippen LogP contribution in [0.3, 0.4) is 0 Å². The van der Waals surface area contributed by atoms with E-state index in [-0.39, 0.29) is 0 Å². The molecule has 0 fully saturated rings. The van der Waals surface area contributed by atoms with Gasteiger partial charge in [-0.15, -0.1) is 0 Å². The number of benzene rings is 2. The molecule has 0 radical (unpaired) electrons. The highest BCUT2D eigenvalue weighted by Gasteiger charge is 2.09. The maximum Gasteiger partial charge on any atom is 0.129 e. The van der Waals surface area contributed by atoms with Crippen LogP contribution in [0.15, 0.2) is 54.6 Å². The largest absolute Gasteiger partial charge is 0.370 e. The van der Waals surface area contributed by atoms with Gasteiger partial charge in [-0.3, -0.25) is 0 Å². The summed E-state index contributed by atoms with van der Waals surface area (Å²) in [5.74, 6) is 1.01. The van der Waals surface area contributed by atoms with Crippen molar-refractivity contribution in [2.75, 3.05) is 11.9 Å². The van der Waals surface area contributed by atoms with E-state index in [4.69, 9.17) is 4.98 Å². The minimum Gasteiger partial charge on any atom is -0.370 e. The summed E-state index contributed by atoms with van der Waals surface area (Å²) in [6, 6.07) is 19.1. The summed E-state index contributed by atoms with van der Waals surface area (Å²) in [7, 11) is 0. The number of rotatable bonds is 4. The average molecular weight is 276 g/mol. The molecule has 21 heavy (non-hydrogen) atoms. The fraction of sp³-hybridized carbons (Fsp3) is 0.211. The predicted octanol–water partition coefficient (Wildman–Crippen LogP) is 4.90. The lowest BCUT2D eigenvalue weighted by Crippen LogP contribution is -2.03. The van der Waals surface area contributed by atoms with E-state index in [1.165, 1.54) is 22.1 Å². The highest BCUT2D eigenvalue weighted by Crippen LogP contribution is 2.30. The van der Waals surface area contributed by atoms with Gasteiger partial charge in [-0.05, 0) is 30.5 Å². The third kappa shape index (κ3) is 2.62. The van der Waals surface area contributed by atoms with Crippen LogP contribution in [0.4, 0.5) is 5.82 Å². The Morgan fingerprint density at radius 2 is 1.76 bits per heavy atom. The monoisotopic (exact) mass is 276 g/mol. The van der Waals surface area contributed by atoms with Crippen molar-refractivity contribution in [1.29, 1.82) is 0 Å². The van der Waals surface area contributed by atoms with Gasteiger partial charge in [0, 0.05) is 17.5 Å². The van der Waals surface area contributed by atoms with Crippen LogP contribution in [0.25, 0.3) is 22.0 Å². The molecular weight excluding hydrogens is 256 g/mol. The molecule has 0 bridgehead atoms. The number of aryl methyl sites for hydroxylation is 1. The van der Waals surface area contributed by atoms with Gasteiger partial charge in [0.2, 0.25) is 0 Å². The number of nitrogens with one attached hydrogen (secondary N) is 1. The zero-order valence-electron chi connectivity index (χ0n) is 12.6. The van der Waals surface area contributed by atoms with Crippen molar-refractivity contribution in [1.82, 2.24) is 4.98 Å². The zero-order chi connectivity index (χ0) is 14.7. The molecule has 0 aliphatic heterocycles. The fourth-order valence-corrected chi connectivity index (χ4v) is 2.68. The van der Waals surface area contributed by atoms with Gasteiger partial charge in [-0.25, -0.2) is 4.98 Å². The van der Waals surface area contributed by atoms with Gasteiger partial charge in [0.1, 0.15) is 5.82 Å². The normalized spacial score (nSPS) is 10.8. The standard InChI is InChI=1S/C19H20N2/c1-3-14-13-16-11-8-12-17(15-9-6-5-7-10-15)18(16)21-19(14)20-4-2/h5-13H,3-4H2,1-2H3,(H,20,21). The van der Waals surface area contributed by atoms with Crippen LogP contribution in [-0.2, 0) is 6.42 Å². The first-order valence-corrected chi connectivity index (χ1v) is 7.55. The second kappa shape index (κ2) is 5.96. The molecule has 2 aromatic carbocycles. The maximum absolute atomic E-state index is 4.90. The highest BCUT2D eigenvalue weighted by atomic mass is 15.0. The molecule has 0 spiro atoms. The molecule has 0 unspecified atom stereocenters. The SMILES string of the molecule is CCNc1nc2c(-c3ccccc3)cccc2cc1CC. The molecule has 0 saturated heterocycles. The van der Waals surface area contributed by atoms with E-state index in [1.54, 1.807) is 0 Å². The lowest BCUT2D eigenvalue weighted by Gasteiger charge is -2.12. The number of aromatic nitrogens is 1. The third-order valence-electron chi connectivity index (χ3n) is 3.73. The summed E-state index contributed by atoms with van der Waals surface area (Å²) in [5.41, 5.74) is 4.74. The smallest absolute Gasteiger partial charge is 0.129 e. The second-order valence-electron chi connectivity index (χ2n) is 5.12. The summed E-state index contributed by atoms with van der Waals surface area (Å²) < 4.78 is 0. The average Bonchev–Trinajstić information content (AvgIpc) is 2.55. The van der Waals surface area contributed by atoms with E-state index in [9.17, 15) is 0 Å². The highest BCUT2D eigenvalue weighted by molar-refractivity contribution is 5.95. The fourth-order valence-electron chi connectivity index (χ4n) is 2.68. The number of nitrogens with zero attached hydrogens (tertiary/aromatic N) is 1. The molecule has 0 aliphatic carbocycles. The van der Waals surface area contributed by atoms with Crippen molar-refractivity contribution in [2.45, 2.75) is 20.3 Å². The topological polar surface area (TPSA) is 24.9 Å². The molecule has 3 rings (SSSR count). The molecule has 0 saturated carbocycles. The molecule has 1 aromatic heterocycles. The Morgan fingerprint density at radius 3 is 2.48 bits per heavy atom. The number of hydrogen-bond acceptors (Lipinski definition) is 2. The van der Waals surface area contributed by atoms with Crippen molar-refractivity contribution >= 4 is 16.7 Å². The minimum atomic E-state index is 0.888. The van der Waals surface area contributed by atoms with E-state index in [0.29, 0.717) is 0 Å². The van der Waals surface area contributed by atoms with E-state index in [2.05, 4.69) is 67.7 Å². The lowest BCUT2D eigenvalue weighted by atomic mass is 10.0. The molecule has 106 valence electrons. The van der Waals surface area contributed by atoms with Gasteiger partial charge in [0.25, 0.3) is 0 Å². The third-order valence-corrected chi connectivity index (χ3v) is 3.73. The van der Waals surface area contributed by atoms with Crippen LogP contribution >= 0.6 is 0 Å². The van der Waals surface area contributed by atoms with Crippen LogP contribution in [0.2, 0.25) is 0 Å². The number of fused-ring (bicyclic) bond motifs is 1. The van der Waals surface area contributed by atoms with E-state index >= 15 is 0 Å². The molecular formula is C19H20N2. The van der Waals surface area contributed by atoms with Crippen LogP contribution in [-0.4, -0.2) is 11.5 Å². The summed E-state index contributed by atoms with van der Waals surface area (Å²) >= 11 is 0. The van der Waals surface area contributed by atoms with Crippen LogP contribution in [0, 0.1) is 0 Å². The van der Waals surface area contributed by atoms with Crippen molar-refractivity contribution < 1.29 is 0 Å². The first-order valence-electron chi connectivity index (χ1n) is 7.55. The van der Waals surface area contributed by atoms with Crippen LogP contribution in [0.1, 0.15) is 19.4 Å². The van der Waals surface area contributed by atoms with Crippen molar-refractivity contribution in [3.05, 3.63) is 60.2 Å². The first-order chi connectivity index (χ1) is 10.3. The molecule has 0 aliphatic rings. The molecule has 2 nitrogen and oxygen atoms in total. The summed E-state index contributed by atoms with van der Waals surface area (Å²) in [4.78, 5) is 4.90. The Balaban J connectivity index is 2.25. The van der Waals surface area contributed by atoms with Gasteiger partial charge in [0.05, 0.1) is 5.52 Å². The molecule has 2 heteroatoms. The Labute approximate surface area is 125 Å². The van der Waals surface area contributed by atoms with Gasteiger partial charge in [-0.2, -0.15) is 0 Å². The second-order valence-corrected chi connectivity index (χ2v) is 5.12. The van der Waals surface area contributed by atoms with E-state index in [0.717, 1.165) is 24.3 Å². The zero-order valence-corrected chi connectivity index (χ0v) is 12.6. The predicted molar refractivity (Wildman–Crippen MR) is 90.7 cm³/mol. The molecule has 0 atom stereocenters. The van der Waals surface area contributed by atoms with Crippen LogP contribution in [0.5, 0.6) is 0 Å². The van der Waals surface area contributed by atoms with Gasteiger partial charge in [0.15, 0.2) is 0 Å². The van der Waals surface area contributed by atoms with Crippen molar-refractivity contribution in [3.8, 4) is 11.1 Å². The van der Waals surface area contributed by atoms with Crippen molar-refractivity contribution in [2.24, 2.45) is 0 Å². The van der Waals surface area contributed by atoms with E-state index in [1.807, 2.05) is 6.07 Å². The number of hydrogen-bond donors (Lipinski definition) is 1. The Hall–Kier alpha value is -2.35. The molecule has 1 N–H and O–H groups in total. The van der Waals surface area contributed by atoms with Crippen molar-refractivity contribution in [3.63, 3.8) is 0 Å². The Bertz CT molecular complexity index is 748. The molecule has 3 aromatic rings. The van der Waals surface area contributed by atoms with Gasteiger partial charge in [-0.1, -0.05) is 55.5 Å². The quantitative estimate of drug-likeness (QED) is 0.733. The van der Waals surface area contributed by atoms with E-state index < -0.39 is 0 Å². The summed E-state index contributed by atoms with van der Waals surface area (Å²) in [6.07, 6.45) is 0.987. The maximum atomic E-state index is 4.90. The number of anilines is 1. The minimum absolute atomic E-state index is 0.888. The van der Waals surface area contributed by atoms with Gasteiger partial charge < -0.3 is 5.32 Å². The molecule has 0 amide bonds. The first kappa shape index (κ1) is 13.6. The van der Waals surface area contributed by atoms with Gasteiger partial charge >= 0.3 is 0 Å². The summed E-state index contributed by atoms with van der Waals surface area (Å²) in [5, 5.41) is 4.59. The van der Waals surface area contributed by atoms with Crippen LogP contribution < -0.4 is 5.32 Å². The Kier molecular flexibility index (Phi) is 3.87. The number of para-hydroxylation sites is 1. The molecule has 1 heterocycles. The lowest BCUT2D eigenvalue weighted by molar-refractivity contribution is 1.09. The Morgan fingerprint density at radius 1 is 0.952 bits per heavy atom. The number of pyridine rings is 1. The summed E-state index contributed by atoms with van der Waals surface area (Å²) in [6.45, 7) is 5.16.